The van der Waals surface area contributed by atoms with Crippen LogP contribution < -0.4 is 0 Å². The monoisotopic (exact) mass is 119 g/mol. The zero-order valence-electron chi connectivity index (χ0n) is 4.74. The second kappa shape index (κ2) is 1.35. The lowest BCUT2D eigenvalue weighted by molar-refractivity contribution is 0.104. The highest BCUT2D eigenvalue weighted by Gasteiger charge is 2.10. The zero-order chi connectivity index (χ0) is 6.27. The van der Waals surface area contributed by atoms with E-state index in [-0.39, 0.29) is 5.78 Å². The molecule has 0 amide bonds. The molecule has 0 radical (unpaired) electrons. The highest BCUT2D eigenvalue weighted by atomic mass is 16.1. The van der Waals surface area contributed by atoms with Gasteiger partial charge in [0.1, 0.15) is 0 Å². The molecule has 0 atom stereocenters. The van der Waals surface area contributed by atoms with Crippen molar-refractivity contribution in [1.82, 2.24) is 4.57 Å². The van der Waals surface area contributed by atoms with Gasteiger partial charge < -0.3 is 4.57 Å². The van der Waals surface area contributed by atoms with E-state index in [2.05, 4.69) is 0 Å². The standard InChI is InChI=1S/C7H5NO/c9-7-3-5-8-4-1-2-6(7)8/h1-5H. The Hall–Kier alpha value is -1.31. The van der Waals surface area contributed by atoms with Crippen molar-refractivity contribution in [1.29, 1.82) is 0 Å². The number of fused-ring (bicyclic) bond motifs is 1. The normalized spacial score (nSPS) is 14.4. The molecule has 0 fully saturated rings. The summed E-state index contributed by atoms with van der Waals surface area (Å²) in [6.45, 7) is 0. The third kappa shape index (κ3) is 0.470. The molecule has 1 aliphatic rings. The van der Waals surface area contributed by atoms with Gasteiger partial charge in [-0.15, -0.1) is 0 Å². The molecule has 0 saturated heterocycles. The summed E-state index contributed by atoms with van der Waals surface area (Å²) in [7, 11) is 0. The van der Waals surface area contributed by atoms with Crippen LogP contribution >= 0.6 is 0 Å². The van der Waals surface area contributed by atoms with E-state index in [0.717, 1.165) is 5.69 Å². The van der Waals surface area contributed by atoms with Crippen LogP contribution in [-0.2, 0) is 0 Å². The van der Waals surface area contributed by atoms with Crippen LogP contribution in [0.3, 0.4) is 0 Å². The summed E-state index contributed by atoms with van der Waals surface area (Å²) in [6, 6.07) is 3.67. The molecule has 0 bridgehead atoms. The van der Waals surface area contributed by atoms with Crippen molar-refractivity contribution in [2.45, 2.75) is 0 Å². The lowest BCUT2D eigenvalue weighted by atomic mass is 10.3. The number of carbonyl (C=O) groups is 1. The van der Waals surface area contributed by atoms with Crippen molar-refractivity contribution in [3.8, 4) is 0 Å². The fourth-order valence-corrected chi connectivity index (χ4v) is 0.966. The first-order chi connectivity index (χ1) is 4.38. The first-order valence-corrected chi connectivity index (χ1v) is 2.77. The minimum Gasteiger partial charge on any atom is -0.320 e. The first kappa shape index (κ1) is 4.56. The van der Waals surface area contributed by atoms with E-state index in [1.807, 2.05) is 22.9 Å². The van der Waals surface area contributed by atoms with Crippen LogP contribution in [0.15, 0.2) is 24.4 Å². The molecule has 0 aromatic carbocycles. The summed E-state index contributed by atoms with van der Waals surface area (Å²) in [5.74, 6) is 0.0972. The Labute approximate surface area is 52.4 Å². The fraction of sp³-hybridized carbons (Fsp3) is 0. The van der Waals surface area contributed by atoms with E-state index >= 15 is 0 Å². The molecule has 2 rings (SSSR count). The van der Waals surface area contributed by atoms with Crippen LogP contribution in [0, 0.1) is 0 Å². The van der Waals surface area contributed by atoms with Crippen LogP contribution in [0.4, 0.5) is 0 Å². The fourth-order valence-electron chi connectivity index (χ4n) is 0.966. The van der Waals surface area contributed by atoms with Crippen molar-refractivity contribution in [3.63, 3.8) is 0 Å². The number of carbonyl (C=O) groups excluding carboxylic acids is 1. The zero-order valence-corrected chi connectivity index (χ0v) is 4.74. The molecule has 2 heterocycles. The van der Waals surface area contributed by atoms with Crippen LogP contribution in [0.1, 0.15) is 10.5 Å². The molecule has 1 aliphatic heterocycles. The van der Waals surface area contributed by atoms with E-state index in [4.69, 9.17) is 0 Å². The average Bonchev–Trinajstić information content (AvgIpc) is 2.35. The third-order valence-electron chi connectivity index (χ3n) is 1.42. The van der Waals surface area contributed by atoms with Gasteiger partial charge in [-0.2, -0.15) is 0 Å². The third-order valence-corrected chi connectivity index (χ3v) is 1.42. The van der Waals surface area contributed by atoms with Crippen LogP contribution in [0.25, 0.3) is 6.20 Å². The molecule has 1 aromatic heterocycles. The molecule has 2 nitrogen and oxygen atoms in total. The summed E-state index contributed by atoms with van der Waals surface area (Å²) in [5.41, 5.74) is 0.759. The Kier molecular flexibility index (Phi) is 0.681. The summed E-state index contributed by atoms with van der Waals surface area (Å²) in [5, 5.41) is 0. The van der Waals surface area contributed by atoms with Gasteiger partial charge in [-0.3, -0.25) is 4.79 Å². The quantitative estimate of drug-likeness (QED) is 0.502. The van der Waals surface area contributed by atoms with E-state index < -0.39 is 0 Å². The lowest BCUT2D eigenvalue weighted by Crippen LogP contribution is -1.90. The molecular weight excluding hydrogens is 114 g/mol. The molecule has 2 heteroatoms. The summed E-state index contributed by atoms with van der Waals surface area (Å²) < 4.78 is 1.81. The van der Waals surface area contributed by atoms with Crippen LogP contribution in [-0.4, -0.2) is 10.4 Å². The van der Waals surface area contributed by atoms with Gasteiger partial charge in [0.15, 0.2) is 0 Å². The molecule has 0 saturated carbocycles. The molecule has 0 aliphatic carbocycles. The molecular formula is C7H5NO. The van der Waals surface area contributed by atoms with E-state index in [0.29, 0.717) is 0 Å². The summed E-state index contributed by atoms with van der Waals surface area (Å²) in [6.07, 6.45) is 5.18. The number of aromatic nitrogens is 1. The van der Waals surface area contributed by atoms with Gasteiger partial charge in [-0.25, -0.2) is 0 Å². The Morgan fingerprint density at radius 3 is 3.11 bits per heavy atom. The second-order valence-electron chi connectivity index (χ2n) is 1.98. The van der Waals surface area contributed by atoms with Gasteiger partial charge >= 0.3 is 0 Å². The highest BCUT2D eigenvalue weighted by molar-refractivity contribution is 6.08. The van der Waals surface area contributed by atoms with Crippen LogP contribution in [0.2, 0.25) is 0 Å². The molecule has 0 spiro atoms. The first-order valence-electron chi connectivity index (χ1n) is 2.77. The second-order valence-corrected chi connectivity index (χ2v) is 1.98. The Morgan fingerprint density at radius 1 is 1.44 bits per heavy atom. The number of rotatable bonds is 0. The summed E-state index contributed by atoms with van der Waals surface area (Å²) >= 11 is 0. The largest absolute Gasteiger partial charge is 0.320 e. The maximum Gasteiger partial charge on any atom is 0.203 e. The highest BCUT2D eigenvalue weighted by Crippen LogP contribution is 2.10. The van der Waals surface area contributed by atoms with Gasteiger partial charge in [-0.05, 0) is 12.1 Å². The van der Waals surface area contributed by atoms with Crippen molar-refractivity contribution >= 4 is 12.0 Å². The smallest absolute Gasteiger partial charge is 0.203 e. The van der Waals surface area contributed by atoms with Gasteiger partial charge in [0.2, 0.25) is 5.78 Å². The van der Waals surface area contributed by atoms with E-state index in [1.165, 1.54) is 0 Å². The van der Waals surface area contributed by atoms with Gasteiger partial charge in [0.05, 0.1) is 5.69 Å². The van der Waals surface area contributed by atoms with Gasteiger partial charge in [0.25, 0.3) is 0 Å². The van der Waals surface area contributed by atoms with E-state index in [1.54, 1.807) is 12.3 Å². The maximum atomic E-state index is 10.8. The van der Waals surface area contributed by atoms with Gasteiger partial charge in [0, 0.05) is 18.5 Å². The topological polar surface area (TPSA) is 22.0 Å². The Bertz CT molecular complexity index is 283. The molecule has 0 unspecified atom stereocenters. The lowest BCUT2D eigenvalue weighted by Gasteiger charge is -1.87. The van der Waals surface area contributed by atoms with Crippen molar-refractivity contribution in [2.24, 2.45) is 0 Å². The minimum atomic E-state index is 0.0972. The number of hydrogen-bond acceptors (Lipinski definition) is 1. The van der Waals surface area contributed by atoms with Crippen molar-refractivity contribution in [3.05, 3.63) is 30.1 Å². The average molecular weight is 119 g/mol. The Balaban J connectivity index is 2.73. The molecule has 44 valence electrons. The Morgan fingerprint density at radius 2 is 2.33 bits per heavy atom. The van der Waals surface area contributed by atoms with Crippen LogP contribution in [0.5, 0.6) is 0 Å². The summed E-state index contributed by atoms with van der Waals surface area (Å²) in [4.78, 5) is 10.8. The number of hydrogen-bond donors (Lipinski definition) is 0. The van der Waals surface area contributed by atoms with Crippen molar-refractivity contribution in [2.75, 3.05) is 0 Å². The maximum absolute atomic E-state index is 10.8. The molecule has 0 N–H and O–H groups in total. The number of ketones is 1. The number of nitrogens with zero attached hydrogens (tertiary/aromatic N) is 1. The number of allylic oxidation sites excluding steroid dienone is 1. The predicted molar refractivity (Wildman–Crippen MR) is 34.1 cm³/mol. The van der Waals surface area contributed by atoms with Gasteiger partial charge in [-0.1, -0.05) is 0 Å². The molecule has 9 heavy (non-hydrogen) atoms. The van der Waals surface area contributed by atoms with E-state index in [9.17, 15) is 4.79 Å². The minimum absolute atomic E-state index is 0.0972. The van der Waals surface area contributed by atoms with Crippen molar-refractivity contribution < 1.29 is 4.79 Å². The predicted octanol–water partition coefficient (Wildman–Crippen LogP) is 1.16. The SMILES string of the molecule is O=C1C=Cn2cccc21. The molecule has 1 aromatic rings.